The highest BCUT2D eigenvalue weighted by Crippen LogP contribution is 2.32. The number of allylic oxidation sites excluding steroid dienone is 6. The lowest BCUT2D eigenvalue weighted by atomic mass is 9.99. The summed E-state index contributed by atoms with van der Waals surface area (Å²) in [5.41, 5.74) is 0.571. The van der Waals surface area contributed by atoms with Crippen LogP contribution in [0.2, 0.25) is 0 Å². The standard InChI is InChI=1S/C30H40F5N5OS/c1-7-11-23(3)19-39(22-41)40-17-10-16-28(40,5)15-9-12-27(42)38-26(8-2)14-13-25(29(6,31)32)18-24(4)37-21-36-20-30(33,34)35/h7-9,11,13-15,18,21-22H,3,10,12,16-17,19-20H2,1-2,4-6H3,(H,38,42)/b11-7-,14-13-,15-9-,25-18+,26-8+,36-21?,37-24?. The summed E-state index contributed by atoms with van der Waals surface area (Å²) in [4.78, 5) is 19.1. The van der Waals surface area contributed by atoms with E-state index >= 15 is 0 Å². The number of halogens is 5. The molecule has 1 N–H and O–H groups in total. The Bertz CT molecular complexity index is 1160. The number of hydrogen-bond donors (Lipinski definition) is 1. The zero-order valence-electron chi connectivity index (χ0n) is 24.7. The Hall–Kier alpha value is -3.25. The maximum atomic E-state index is 14.2. The molecule has 1 fully saturated rings. The van der Waals surface area contributed by atoms with Crippen molar-refractivity contribution in [2.24, 2.45) is 9.98 Å². The van der Waals surface area contributed by atoms with Crippen molar-refractivity contribution in [3.05, 3.63) is 72.0 Å². The van der Waals surface area contributed by atoms with E-state index in [-0.39, 0.29) is 11.3 Å². The number of hydrogen-bond acceptors (Lipinski definition) is 4. The zero-order chi connectivity index (χ0) is 32.0. The predicted octanol–water partition coefficient (Wildman–Crippen LogP) is 7.30. The van der Waals surface area contributed by atoms with E-state index in [1.165, 1.54) is 19.1 Å². The third-order valence-electron chi connectivity index (χ3n) is 6.14. The number of alkyl halides is 5. The van der Waals surface area contributed by atoms with Gasteiger partial charge in [-0.25, -0.2) is 18.8 Å². The molecule has 12 heteroatoms. The lowest BCUT2D eigenvalue weighted by Gasteiger charge is -2.39. The van der Waals surface area contributed by atoms with Crippen molar-refractivity contribution in [1.29, 1.82) is 0 Å². The fourth-order valence-electron chi connectivity index (χ4n) is 4.12. The number of hydrazine groups is 1. The van der Waals surface area contributed by atoms with Crippen molar-refractivity contribution in [2.75, 3.05) is 19.6 Å². The molecule has 1 saturated heterocycles. The van der Waals surface area contributed by atoms with Gasteiger partial charge in [-0.2, -0.15) is 13.2 Å². The molecule has 1 heterocycles. The topological polar surface area (TPSA) is 60.3 Å². The minimum atomic E-state index is -4.47. The molecule has 232 valence electrons. The smallest absolute Gasteiger partial charge is 0.350 e. The summed E-state index contributed by atoms with van der Waals surface area (Å²) >= 11 is 5.46. The van der Waals surface area contributed by atoms with Crippen molar-refractivity contribution < 1.29 is 26.7 Å². The molecule has 1 unspecified atom stereocenters. The monoisotopic (exact) mass is 613 g/mol. The summed E-state index contributed by atoms with van der Waals surface area (Å²) in [6.45, 7) is 11.4. The second kappa shape index (κ2) is 17.0. The number of rotatable bonds is 15. The minimum Gasteiger partial charge on any atom is -0.350 e. The average Bonchev–Trinajstić information content (AvgIpc) is 3.26. The van der Waals surface area contributed by atoms with Gasteiger partial charge in [-0.15, -0.1) is 0 Å². The molecule has 6 nitrogen and oxygen atoms in total. The van der Waals surface area contributed by atoms with E-state index in [9.17, 15) is 26.7 Å². The van der Waals surface area contributed by atoms with Gasteiger partial charge in [-0.3, -0.25) is 14.8 Å². The van der Waals surface area contributed by atoms with Gasteiger partial charge in [0, 0.05) is 36.9 Å². The highest BCUT2D eigenvalue weighted by molar-refractivity contribution is 7.80. The average molecular weight is 614 g/mol. The molecule has 0 radical (unpaired) electrons. The predicted molar refractivity (Wildman–Crippen MR) is 165 cm³/mol. The highest BCUT2D eigenvalue weighted by Gasteiger charge is 2.37. The fourth-order valence-corrected chi connectivity index (χ4v) is 4.33. The molecule has 1 aliphatic heterocycles. The summed E-state index contributed by atoms with van der Waals surface area (Å²) in [5.74, 6) is -3.24. The molecule has 0 aliphatic carbocycles. The van der Waals surface area contributed by atoms with Crippen LogP contribution in [-0.4, -0.2) is 70.7 Å². The van der Waals surface area contributed by atoms with Crippen molar-refractivity contribution in [1.82, 2.24) is 15.3 Å². The third kappa shape index (κ3) is 13.6. The maximum absolute atomic E-state index is 14.2. The molecule has 1 rings (SSSR count). The first kappa shape index (κ1) is 36.8. The quantitative estimate of drug-likeness (QED) is 0.0401. The Morgan fingerprint density at radius 3 is 2.45 bits per heavy atom. The first-order valence-electron chi connectivity index (χ1n) is 13.4. The lowest BCUT2D eigenvalue weighted by molar-refractivity contribution is -0.138. The van der Waals surface area contributed by atoms with Crippen LogP contribution in [0.25, 0.3) is 0 Å². The van der Waals surface area contributed by atoms with Gasteiger partial charge in [-0.05, 0) is 58.3 Å². The SMILES string of the molecule is C=C(/C=C\C)CN(C=O)N1CCCC1(C)/C=C\CC(=S)NC(/C=C\C(=C/C(C)=NC=NCC(F)(F)F)C(C)(F)F)=C/C. The van der Waals surface area contributed by atoms with Gasteiger partial charge in [0.25, 0.3) is 5.92 Å². The van der Waals surface area contributed by atoms with Crippen molar-refractivity contribution >= 4 is 35.7 Å². The Labute approximate surface area is 250 Å². The van der Waals surface area contributed by atoms with Gasteiger partial charge in [0.05, 0.1) is 17.1 Å². The first-order valence-corrected chi connectivity index (χ1v) is 13.8. The van der Waals surface area contributed by atoms with Crippen molar-refractivity contribution in [3.8, 4) is 0 Å². The number of thiocarbonyl (C=S) groups is 1. The van der Waals surface area contributed by atoms with Gasteiger partial charge in [-0.1, -0.05) is 55.3 Å². The number of nitrogens with one attached hydrogen (secondary N) is 1. The van der Waals surface area contributed by atoms with Crippen molar-refractivity contribution in [3.63, 3.8) is 0 Å². The zero-order valence-corrected chi connectivity index (χ0v) is 25.5. The largest absolute Gasteiger partial charge is 0.408 e. The van der Waals surface area contributed by atoms with Crippen LogP contribution in [0, 0.1) is 0 Å². The highest BCUT2D eigenvalue weighted by atomic mass is 32.1. The Morgan fingerprint density at radius 2 is 1.88 bits per heavy atom. The first-order chi connectivity index (χ1) is 19.5. The van der Waals surface area contributed by atoms with Gasteiger partial charge in [0.15, 0.2) is 0 Å². The Morgan fingerprint density at radius 1 is 1.19 bits per heavy atom. The van der Waals surface area contributed by atoms with Crippen LogP contribution in [0.1, 0.15) is 53.9 Å². The van der Waals surface area contributed by atoms with Crippen LogP contribution in [0.15, 0.2) is 82.0 Å². The summed E-state index contributed by atoms with van der Waals surface area (Å²) in [6.07, 6.45) is 12.2. The molecule has 0 saturated carbocycles. The van der Waals surface area contributed by atoms with E-state index in [2.05, 4.69) is 21.9 Å². The van der Waals surface area contributed by atoms with E-state index in [1.54, 1.807) is 18.0 Å². The minimum absolute atomic E-state index is 0.0616. The number of carbonyl (C=O) groups is 1. The second-order valence-electron chi connectivity index (χ2n) is 10.0. The normalized spacial score (nSPS) is 20.0. The van der Waals surface area contributed by atoms with Crippen LogP contribution in [0.5, 0.6) is 0 Å². The van der Waals surface area contributed by atoms with Gasteiger partial charge in [0.1, 0.15) is 12.9 Å². The van der Waals surface area contributed by atoms with E-state index in [1.807, 2.05) is 43.2 Å². The molecule has 0 spiro atoms. The molecule has 0 aromatic heterocycles. The lowest BCUT2D eigenvalue weighted by Crippen LogP contribution is -2.51. The maximum Gasteiger partial charge on any atom is 0.408 e. The summed E-state index contributed by atoms with van der Waals surface area (Å²) < 4.78 is 65.0. The van der Waals surface area contributed by atoms with E-state index in [0.29, 0.717) is 36.9 Å². The van der Waals surface area contributed by atoms with Gasteiger partial charge in [0.2, 0.25) is 6.41 Å². The molecule has 42 heavy (non-hydrogen) atoms. The fraction of sp³-hybridized carbons (Fsp3) is 0.467. The summed E-state index contributed by atoms with van der Waals surface area (Å²) in [6, 6.07) is 0. The third-order valence-corrected chi connectivity index (χ3v) is 6.41. The van der Waals surface area contributed by atoms with Gasteiger partial charge >= 0.3 is 6.18 Å². The summed E-state index contributed by atoms with van der Waals surface area (Å²) in [5, 5.41) is 6.69. The molecule has 0 bridgehead atoms. The molecule has 1 atom stereocenters. The molecule has 0 aromatic carbocycles. The molecule has 0 aromatic rings. The number of aliphatic imine (C=N–C) groups is 2. The van der Waals surface area contributed by atoms with E-state index in [0.717, 1.165) is 37.4 Å². The van der Waals surface area contributed by atoms with Crippen LogP contribution in [0.3, 0.4) is 0 Å². The van der Waals surface area contributed by atoms with Gasteiger partial charge < -0.3 is 5.32 Å². The van der Waals surface area contributed by atoms with Crippen LogP contribution in [-0.2, 0) is 4.79 Å². The van der Waals surface area contributed by atoms with Crippen molar-refractivity contribution in [2.45, 2.75) is 71.5 Å². The summed E-state index contributed by atoms with van der Waals surface area (Å²) in [7, 11) is 0. The molecular weight excluding hydrogens is 573 g/mol. The van der Waals surface area contributed by atoms with E-state index < -0.39 is 24.2 Å². The number of nitrogens with zero attached hydrogens (tertiary/aromatic N) is 4. The van der Waals surface area contributed by atoms with Crippen LogP contribution < -0.4 is 5.32 Å². The number of carbonyl (C=O) groups excluding carboxylic acids is 1. The number of amides is 1. The molecular formula is C30H40F5N5OS. The van der Waals surface area contributed by atoms with Crippen LogP contribution in [0.4, 0.5) is 22.0 Å². The molecule has 1 aliphatic rings. The second-order valence-corrected chi connectivity index (χ2v) is 10.5. The molecule has 1 amide bonds. The van der Waals surface area contributed by atoms with E-state index in [4.69, 9.17) is 12.2 Å². The van der Waals surface area contributed by atoms with Crippen LogP contribution >= 0.6 is 12.2 Å². The Kier molecular flexibility index (Phi) is 14.9. The Balaban J connectivity index is 2.91.